The van der Waals surface area contributed by atoms with E-state index < -0.39 is 0 Å². The van der Waals surface area contributed by atoms with Gasteiger partial charge in [0.15, 0.2) is 16.6 Å². The fourth-order valence-electron chi connectivity index (χ4n) is 2.69. The van der Waals surface area contributed by atoms with Gasteiger partial charge in [0.05, 0.1) is 18.2 Å². The predicted molar refractivity (Wildman–Crippen MR) is 103 cm³/mol. The summed E-state index contributed by atoms with van der Waals surface area (Å²) in [5, 5.41) is 0.797. The van der Waals surface area contributed by atoms with Gasteiger partial charge >= 0.3 is 0 Å². The maximum absolute atomic E-state index is 6.03. The van der Waals surface area contributed by atoms with E-state index >= 15 is 0 Å². The quantitative estimate of drug-likeness (QED) is 0.305. The molecule has 0 spiro atoms. The Balaban J connectivity index is 1.38. The molecule has 0 radical (unpaired) electrons. The molecule has 0 atom stereocenters. The summed E-state index contributed by atoms with van der Waals surface area (Å²) in [5.41, 5.74) is 9.15. The number of imidazole rings is 2. The first-order valence-electron chi connectivity index (χ1n) is 8.16. The highest BCUT2D eigenvalue weighted by Gasteiger charge is 2.10. The van der Waals surface area contributed by atoms with E-state index in [0.717, 1.165) is 40.8 Å². The van der Waals surface area contributed by atoms with Gasteiger partial charge in [-0.3, -0.25) is 0 Å². The van der Waals surface area contributed by atoms with Gasteiger partial charge in [-0.1, -0.05) is 42.1 Å². The molecule has 0 aliphatic carbocycles. The van der Waals surface area contributed by atoms with Crippen molar-refractivity contribution >= 4 is 28.7 Å². The van der Waals surface area contributed by atoms with E-state index in [1.807, 2.05) is 41.1 Å². The standard InChI is InChI=1S/C17H18N8S/c18-15-14-16(21-10-20-15)24(11-22-14)7-4-8-26-17-23-13(9-25(17)19)12-5-2-1-3-6-12/h1-3,5-6,9-11H,4,7-8,19H2,(H2,18,20,21). The number of anilines is 1. The Morgan fingerprint density at radius 2 is 1.92 bits per heavy atom. The number of hydrogen-bond acceptors (Lipinski definition) is 7. The van der Waals surface area contributed by atoms with E-state index in [0.29, 0.717) is 11.3 Å². The maximum Gasteiger partial charge on any atom is 0.187 e. The van der Waals surface area contributed by atoms with Gasteiger partial charge in [0.2, 0.25) is 0 Å². The van der Waals surface area contributed by atoms with Gasteiger partial charge in [-0.2, -0.15) is 0 Å². The molecule has 3 heterocycles. The van der Waals surface area contributed by atoms with Crippen LogP contribution in [0.4, 0.5) is 5.82 Å². The second kappa shape index (κ2) is 7.04. The Kier molecular flexibility index (Phi) is 4.44. The molecule has 0 aliphatic rings. The van der Waals surface area contributed by atoms with E-state index in [2.05, 4.69) is 19.9 Å². The van der Waals surface area contributed by atoms with Crippen LogP contribution in [-0.2, 0) is 6.54 Å². The number of benzene rings is 1. The first kappa shape index (κ1) is 16.4. The zero-order chi connectivity index (χ0) is 17.9. The van der Waals surface area contributed by atoms with Crippen LogP contribution >= 0.6 is 11.8 Å². The number of nitrogens with zero attached hydrogens (tertiary/aromatic N) is 6. The minimum absolute atomic E-state index is 0.404. The molecule has 26 heavy (non-hydrogen) atoms. The summed E-state index contributed by atoms with van der Waals surface area (Å²) in [6.07, 6.45) is 5.98. The molecule has 3 aromatic heterocycles. The first-order chi connectivity index (χ1) is 12.7. The summed E-state index contributed by atoms with van der Waals surface area (Å²) >= 11 is 1.63. The van der Waals surface area contributed by atoms with Crippen LogP contribution in [0.3, 0.4) is 0 Å². The summed E-state index contributed by atoms with van der Waals surface area (Å²) < 4.78 is 3.56. The molecule has 0 bridgehead atoms. The SMILES string of the molecule is Nc1ncnc2c1ncn2CCCSc1nc(-c2ccccc2)cn1N. The van der Waals surface area contributed by atoms with E-state index in [4.69, 9.17) is 11.6 Å². The minimum atomic E-state index is 0.404. The van der Waals surface area contributed by atoms with Gasteiger partial charge < -0.3 is 16.1 Å². The van der Waals surface area contributed by atoms with E-state index in [9.17, 15) is 0 Å². The van der Waals surface area contributed by atoms with Gasteiger partial charge in [-0.15, -0.1) is 0 Å². The van der Waals surface area contributed by atoms with Crippen LogP contribution in [0.25, 0.3) is 22.4 Å². The summed E-state index contributed by atoms with van der Waals surface area (Å²) in [6.45, 7) is 0.788. The summed E-state index contributed by atoms with van der Waals surface area (Å²) in [6, 6.07) is 10.0. The minimum Gasteiger partial charge on any atom is -0.382 e. The van der Waals surface area contributed by atoms with Crippen molar-refractivity contribution in [2.75, 3.05) is 17.3 Å². The summed E-state index contributed by atoms with van der Waals surface area (Å²) in [4.78, 5) is 17.1. The lowest BCUT2D eigenvalue weighted by Gasteiger charge is -2.04. The number of nitrogens with two attached hydrogens (primary N) is 2. The van der Waals surface area contributed by atoms with Gasteiger partial charge in [0.25, 0.3) is 0 Å². The molecule has 0 aliphatic heterocycles. The molecule has 0 amide bonds. The van der Waals surface area contributed by atoms with Crippen LogP contribution in [0, 0.1) is 0 Å². The number of aryl methyl sites for hydroxylation is 1. The lowest BCUT2D eigenvalue weighted by Crippen LogP contribution is -2.08. The second-order valence-electron chi connectivity index (χ2n) is 5.75. The van der Waals surface area contributed by atoms with Crippen molar-refractivity contribution in [2.24, 2.45) is 0 Å². The molecule has 0 unspecified atom stereocenters. The average Bonchev–Trinajstić information content (AvgIpc) is 3.24. The van der Waals surface area contributed by atoms with Gasteiger partial charge in [-0.25, -0.2) is 24.6 Å². The fourth-order valence-corrected chi connectivity index (χ4v) is 3.51. The molecule has 132 valence electrons. The number of rotatable bonds is 6. The molecule has 4 N–H and O–H groups in total. The van der Waals surface area contributed by atoms with Crippen molar-refractivity contribution in [3.8, 4) is 11.3 Å². The average molecular weight is 366 g/mol. The zero-order valence-corrected chi connectivity index (χ0v) is 14.8. The van der Waals surface area contributed by atoms with Crippen molar-refractivity contribution in [1.29, 1.82) is 0 Å². The normalized spacial score (nSPS) is 11.2. The molecule has 0 saturated heterocycles. The van der Waals surface area contributed by atoms with Crippen LogP contribution in [0.2, 0.25) is 0 Å². The number of hydrogen-bond donors (Lipinski definition) is 2. The van der Waals surface area contributed by atoms with Crippen molar-refractivity contribution in [1.82, 2.24) is 29.2 Å². The van der Waals surface area contributed by atoms with E-state index in [1.165, 1.54) is 6.33 Å². The van der Waals surface area contributed by atoms with Crippen LogP contribution in [0.15, 0.2) is 54.3 Å². The molecule has 0 saturated carbocycles. The summed E-state index contributed by atoms with van der Waals surface area (Å²) in [5.74, 6) is 7.32. The van der Waals surface area contributed by atoms with Crippen molar-refractivity contribution in [3.05, 3.63) is 49.2 Å². The van der Waals surface area contributed by atoms with Crippen molar-refractivity contribution in [3.63, 3.8) is 0 Å². The lowest BCUT2D eigenvalue weighted by atomic mass is 10.2. The number of fused-ring (bicyclic) bond motifs is 1. The Bertz CT molecular complexity index is 1020. The number of nitrogen functional groups attached to an aromatic ring is 2. The van der Waals surface area contributed by atoms with Crippen LogP contribution in [0.1, 0.15) is 6.42 Å². The largest absolute Gasteiger partial charge is 0.382 e. The van der Waals surface area contributed by atoms with Gasteiger partial charge in [0, 0.05) is 17.9 Å². The Morgan fingerprint density at radius 1 is 1.08 bits per heavy atom. The lowest BCUT2D eigenvalue weighted by molar-refractivity contribution is 0.695. The molecular formula is C17H18N8S. The van der Waals surface area contributed by atoms with Crippen LogP contribution in [-0.4, -0.2) is 34.9 Å². The highest BCUT2D eigenvalue weighted by Crippen LogP contribution is 2.23. The van der Waals surface area contributed by atoms with Gasteiger partial charge in [0.1, 0.15) is 11.8 Å². The van der Waals surface area contributed by atoms with Crippen molar-refractivity contribution in [2.45, 2.75) is 18.1 Å². The predicted octanol–water partition coefficient (Wildman–Crippen LogP) is 2.17. The number of thioether (sulfide) groups is 1. The van der Waals surface area contributed by atoms with Gasteiger partial charge in [-0.05, 0) is 6.42 Å². The third-order valence-corrected chi connectivity index (χ3v) is 5.03. The van der Waals surface area contributed by atoms with Crippen LogP contribution in [0.5, 0.6) is 0 Å². The Hall–Kier alpha value is -3.07. The topological polar surface area (TPSA) is 113 Å². The number of aromatic nitrogens is 6. The second-order valence-corrected chi connectivity index (χ2v) is 6.82. The third kappa shape index (κ3) is 3.21. The maximum atomic E-state index is 6.03. The molecule has 4 rings (SSSR count). The summed E-state index contributed by atoms with van der Waals surface area (Å²) in [7, 11) is 0. The molecule has 8 nitrogen and oxygen atoms in total. The fraction of sp³-hybridized carbons (Fsp3) is 0.176. The molecule has 1 aromatic carbocycles. The molecule has 9 heteroatoms. The Labute approximate surface area is 154 Å². The third-order valence-electron chi connectivity index (χ3n) is 3.97. The zero-order valence-electron chi connectivity index (χ0n) is 14.0. The molecule has 0 fully saturated rings. The first-order valence-corrected chi connectivity index (χ1v) is 9.15. The highest BCUT2D eigenvalue weighted by molar-refractivity contribution is 7.99. The van der Waals surface area contributed by atoms with E-state index in [1.54, 1.807) is 22.8 Å². The van der Waals surface area contributed by atoms with Crippen LogP contribution < -0.4 is 11.6 Å². The van der Waals surface area contributed by atoms with E-state index in [-0.39, 0.29) is 0 Å². The molecule has 4 aromatic rings. The monoisotopic (exact) mass is 366 g/mol. The highest BCUT2D eigenvalue weighted by atomic mass is 32.2. The van der Waals surface area contributed by atoms with Crippen molar-refractivity contribution < 1.29 is 0 Å². The Morgan fingerprint density at radius 3 is 2.77 bits per heavy atom. The smallest absolute Gasteiger partial charge is 0.187 e. The molecular weight excluding hydrogens is 348 g/mol.